The molecule has 2 amide bonds. The summed E-state index contributed by atoms with van der Waals surface area (Å²) in [7, 11) is 1.71. The minimum atomic E-state index is -0.0782. The van der Waals surface area contributed by atoms with Gasteiger partial charge in [0.2, 0.25) is 5.91 Å². The van der Waals surface area contributed by atoms with Crippen LogP contribution in [0.2, 0.25) is 0 Å². The van der Waals surface area contributed by atoms with Gasteiger partial charge >= 0.3 is 6.09 Å². The maximum atomic E-state index is 13.1. The van der Waals surface area contributed by atoms with Crippen molar-refractivity contribution < 1.29 is 14.3 Å². The molecule has 32 heavy (non-hydrogen) atoms. The van der Waals surface area contributed by atoms with E-state index in [1.807, 2.05) is 4.90 Å². The Kier molecular flexibility index (Phi) is 5.00. The predicted octanol–water partition coefficient (Wildman–Crippen LogP) is 4.60. The Morgan fingerprint density at radius 3 is 2.34 bits per heavy atom. The molecule has 6 aliphatic rings. The number of ether oxygens (including phenoxy) is 1. The maximum absolute atomic E-state index is 13.1. The van der Waals surface area contributed by atoms with Crippen molar-refractivity contribution >= 4 is 12.0 Å². The number of hydrogen-bond donors (Lipinski definition) is 1. The zero-order chi connectivity index (χ0) is 21.9. The Bertz CT molecular complexity index is 876. The molecule has 5 nitrogen and oxygen atoms in total. The van der Waals surface area contributed by atoms with E-state index in [0.717, 1.165) is 44.2 Å². The van der Waals surface area contributed by atoms with E-state index < -0.39 is 0 Å². The third kappa shape index (κ3) is 3.34. The van der Waals surface area contributed by atoms with Gasteiger partial charge in [-0.15, -0.1) is 0 Å². The molecule has 1 aromatic rings. The lowest BCUT2D eigenvalue weighted by atomic mass is 9.55. The van der Waals surface area contributed by atoms with Gasteiger partial charge < -0.3 is 15.0 Å². The third-order valence-electron chi connectivity index (χ3n) is 9.68. The highest BCUT2D eigenvalue weighted by molar-refractivity contribution is 5.77. The fourth-order valence-corrected chi connectivity index (χ4v) is 8.38. The smallest absolute Gasteiger partial charge is 0.410 e. The highest BCUT2D eigenvalue weighted by Crippen LogP contribution is 2.55. The van der Waals surface area contributed by atoms with Crippen LogP contribution in [0.15, 0.2) is 24.3 Å². The van der Waals surface area contributed by atoms with E-state index in [2.05, 4.69) is 29.6 Å². The quantitative estimate of drug-likeness (QED) is 0.753. The van der Waals surface area contributed by atoms with E-state index in [1.165, 1.54) is 43.2 Å². The molecule has 1 unspecified atom stereocenters. The number of fused-ring (bicyclic) bond motifs is 2. The number of carbonyl (C=O) groups is 2. The number of benzene rings is 1. The Hall–Kier alpha value is -2.04. The van der Waals surface area contributed by atoms with Crippen molar-refractivity contribution in [1.82, 2.24) is 10.2 Å². The van der Waals surface area contributed by atoms with E-state index in [9.17, 15) is 9.59 Å². The van der Waals surface area contributed by atoms with Crippen LogP contribution in [0.5, 0.6) is 0 Å². The lowest BCUT2D eigenvalue weighted by molar-refractivity contribution is -0.121. The van der Waals surface area contributed by atoms with Gasteiger partial charge in [0.25, 0.3) is 0 Å². The van der Waals surface area contributed by atoms with Gasteiger partial charge in [0.1, 0.15) is 6.10 Å². The summed E-state index contributed by atoms with van der Waals surface area (Å²) in [5.74, 6) is 3.40. The number of carbonyl (C=O) groups excluding carboxylic acids is 2. The summed E-state index contributed by atoms with van der Waals surface area (Å²) in [6.45, 7) is 1.51. The zero-order valence-corrected chi connectivity index (χ0v) is 19.2. The molecular formula is C27H36N2O3. The first-order valence-corrected chi connectivity index (χ1v) is 12.8. The van der Waals surface area contributed by atoms with Crippen LogP contribution in [0.4, 0.5) is 4.79 Å². The van der Waals surface area contributed by atoms with Gasteiger partial charge in [-0.05, 0) is 97.5 Å². The van der Waals surface area contributed by atoms with Gasteiger partial charge in [-0.25, -0.2) is 4.79 Å². The molecular weight excluding hydrogens is 400 g/mol. The molecule has 1 N–H and O–H groups in total. The molecule has 4 bridgehead atoms. The van der Waals surface area contributed by atoms with Gasteiger partial charge in [0.05, 0.1) is 0 Å². The van der Waals surface area contributed by atoms with Crippen LogP contribution in [0.3, 0.4) is 0 Å². The largest absolute Gasteiger partial charge is 0.446 e. The Morgan fingerprint density at radius 2 is 1.69 bits per heavy atom. The van der Waals surface area contributed by atoms with Crippen LogP contribution < -0.4 is 5.32 Å². The second kappa shape index (κ2) is 7.78. The Labute approximate surface area is 191 Å². The minimum Gasteiger partial charge on any atom is -0.446 e. The third-order valence-corrected chi connectivity index (χ3v) is 9.68. The zero-order valence-electron chi connectivity index (χ0n) is 19.2. The molecule has 1 aromatic carbocycles. The number of likely N-dealkylation sites (tertiary alicyclic amines) is 1. The minimum absolute atomic E-state index is 0.0782. The number of nitrogens with zero attached hydrogens (tertiary/aromatic N) is 1. The molecule has 0 radical (unpaired) electrons. The molecule has 5 aliphatic carbocycles. The fourth-order valence-electron chi connectivity index (χ4n) is 8.38. The van der Waals surface area contributed by atoms with E-state index in [-0.39, 0.29) is 29.4 Å². The topological polar surface area (TPSA) is 58.6 Å². The molecule has 172 valence electrons. The second-order valence-electron chi connectivity index (χ2n) is 11.4. The van der Waals surface area contributed by atoms with Crippen LogP contribution in [-0.4, -0.2) is 43.1 Å². The van der Waals surface area contributed by atoms with E-state index in [4.69, 9.17) is 4.74 Å². The first-order chi connectivity index (χ1) is 15.5. The summed E-state index contributed by atoms with van der Waals surface area (Å²) in [6, 6.07) is 8.66. The summed E-state index contributed by atoms with van der Waals surface area (Å²) in [5.41, 5.74) is 2.83. The van der Waals surface area contributed by atoms with Crippen molar-refractivity contribution in [2.45, 2.75) is 75.2 Å². The van der Waals surface area contributed by atoms with E-state index >= 15 is 0 Å². The summed E-state index contributed by atoms with van der Waals surface area (Å²) in [4.78, 5) is 27.2. The van der Waals surface area contributed by atoms with E-state index in [0.29, 0.717) is 18.3 Å². The van der Waals surface area contributed by atoms with Gasteiger partial charge in [-0.1, -0.05) is 24.3 Å². The van der Waals surface area contributed by atoms with Crippen molar-refractivity contribution in [3.63, 3.8) is 0 Å². The molecule has 1 aliphatic heterocycles. The van der Waals surface area contributed by atoms with Crippen molar-refractivity contribution in [3.8, 4) is 0 Å². The first kappa shape index (κ1) is 20.6. The standard InChI is InChI=1S/C27H36N2O3/c1-28-24(30)15-21-16-27(23-5-3-2-4-22(21)23)6-8-29(9-7-27)26(31)32-25-19-11-17-10-18(13-19)14-20(25)12-17/h2-5,17-21,25H,6-16H2,1H3,(H,28,30). The molecule has 0 aromatic heterocycles. The van der Waals surface area contributed by atoms with Crippen molar-refractivity contribution in [3.05, 3.63) is 35.4 Å². The molecule has 1 atom stereocenters. The SMILES string of the molecule is CNC(=O)CC1CC2(CCN(C(=O)OC3C4CC5CC(C4)CC3C5)CC2)c2ccccc21. The van der Waals surface area contributed by atoms with Crippen LogP contribution in [0.25, 0.3) is 0 Å². The summed E-state index contributed by atoms with van der Waals surface area (Å²) >= 11 is 0. The van der Waals surface area contributed by atoms with Crippen LogP contribution in [0.1, 0.15) is 74.8 Å². The van der Waals surface area contributed by atoms with Crippen LogP contribution in [-0.2, 0) is 14.9 Å². The number of nitrogens with one attached hydrogen (secondary N) is 1. The highest BCUT2D eigenvalue weighted by atomic mass is 16.6. The number of piperidine rings is 1. The molecule has 7 rings (SSSR count). The maximum Gasteiger partial charge on any atom is 0.410 e. The molecule has 5 heteroatoms. The second-order valence-corrected chi connectivity index (χ2v) is 11.4. The Morgan fingerprint density at radius 1 is 1.03 bits per heavy atom. The normalized spacial score (nSPS) is 36.2. The molecule has 1 spiro atoms. The van der Waals surface area contributed by atoms with Crippen LogP contribution >= 0.6 is 0 Å². The average Bonchev–Trinajstić information content (AvgIpc) is 3.09. The lowest BCUT2D eigenvalue weighted by Crippen LogP contribution is -2.52. The first-order valence-electron chi connectivity index (χ1n) is 12.8. The van der Waals surface area contributed by atoms with Gasteiger partial charge in [-0.3, -0.25) is 4.79 Å². The lowest BCUT2D eigenvalue weighted by Gasteiger charge is -2.53. The Balaban J connectivity index is 1.12. The number of rotatable bonds is 3. The number of amides is 2. The van der Waals surface area contributed by atoms with Gasteiger partial charge in [0.15, 0.2) is 0 Å². The molecule has 5 fully saturated rings. The average molecular weight is 437 g/mol. The van der Waals surface area contributed by atoms with Crippen LogP contribution in [0, 0.1) is 23.7 Å². The summed E-state index contributed by atoms with van der Waals surface area (Å²) in [5, 5.41) is 2.79. The summed E-state index contributed by atoms with van der Waals surface area (Å²) < 4.78 is 6.21. The molecule has 1 heterocycles. The van der Waals surface area contributed by atoms with Gasteiger partial charge in [0, 0.05) is 26.6 Å². The summed E-state index contributed by atoms with van der Waals surface area (Å²) in [6.07, 6.45) is 10.1. The highest BCUT2D eigenvalue weighted by Gasteiger charge is 2.51. The predicted molar refractivity (Wildman–Crippen MR) is 122 cm³/mol. The van der Waals surface area contributed by atoms with Crippen molar-refractivity contribution in [2.24, 2.45) is 23.7 Å². The number of hydrogen-bond acceptors (Lipinski definition) is 3. The monoisotopic (exact) mass is 436 g/mol. The fraction of sp³-hybridized carbons (Fsp3) is 0.704. The van der Waals surface area contributed by atoms with E-state index in [1.54, 1.807) is 7.05 Å². The van der Waals surface area contributed by atoms with Crippen molar-refractivity contribution in [1.29, 1.82) is 0 Å². The van der Waals surface area contributed by atoms with Crippen molar-refractivity contribution in [2.75, 3.05) is 20.1 Å². The molecule has 4 saturated carbocycles. The molecule has 1 saturated heterocycles. The van der Waals surface area contributed by atoms with Gasteiger partial charge in [-0.2, -0.15) is 0 Å².